The maximum absolute atomic E-state index is 12.9. The first-order valence-electron chi connectivity index (χ1n) is 8.81. The van der Waals surface area contributed by atoms with Gasteiger partial charge in [0.1, 0.15) is 10.9 Å². The molecule has 2 heterocycles. The van der Waals surface area contributed by atoms with Gasteiger partial charge in [-0.1, -0.05) is 19.8 Å². The summed E-state index contributed by atoms with van der Waals surface area (Å²) in [5.74, 6) is -0.363. The summed E-state index contributed by atoms with van der Waals surface area (Å²) < 4.78 is 6.72. The zero-order valence-electron chi connectivity index (χ0n) is 14.3. The molecule has 1 atom stereocenters. The quantitative estimate of drug-likeness (QED) is 0.591. The molecular formula is C18H24N2O3S. The van der Waals surface area contributed by atoms with Crippen LogP contribution in [0, 0.1) is 0 Å². The smallest absolute Gasteiger partial charge is 0.328 e. The Bertz CT molecular complexity index is 793. The van der Waals surface area contributed by atoms with E-state index in [4.69, 9.17) is 4.74 Å². The summed E-state index contributed by atoms with van der Waals surface area (Å²) in [6.07, 6.45) is 8.73. The fourth-order valence-corrected chi connectivity index (χ4v) is 4.41. The number of unbranched alkanes of at least 4 members (excludes halogenated alkanes) is 2. The number of hydrogen-bond donors (Lipinski definition) is 0. The Morgan fingerprint density at radius 1 is 1.38 bits per heavy atom. The van der Waals surface area contributed by atoms with Crippen LogP contribution in [-0.4, -0.2) is 22.1 Å². The number of aromatic nitrogens is 2. The lowest BCUT2D eigenvalue weighted by Crippen LogP contribution is -2.30. The van der Waals surface area contributed by atoms with Crippen molar-refractivity contribution < 1.29 is 9.53 Å². The number of carbonyl (C=O) groups excluding carboxylic acids is 1. The van der Waals surface area contributed by atoms with Gasteiger partial charge in [-0.2, -0.15) is 0 Å². The first kappa shape index (κ1) is 17.1. The van der Waals surface area contributed by atoms with Crippen LogP contribution in [0.4, 0.5) is 0 Å². The van der Waals surface area contributed by atoms with E-state index in [1.54, 1.807) is 18.3 Å². The molecule has 0 aromatic carbocycles. The van der Waals surface area contributed by atoms with Gasteiger partial charge < -0.3 is 4.74 Å². The van der Waals surface area contributed by atoms with Gasteiger partial charge in [-0.25, -0.2) is 9.78 Å². The third-order valence-corrected chi connectivity index (χ3v) is 5.85. The maximum Gasteiger partial charge on any atom is 0.328 e. The SMILES string of the molecule is CCCCCOC(=O)[C@@H](C)n1cnc2sc3c(c2c1=O)CCCC3. The monoisotopic (exact) mass is 348 g/mol. The van der Waals surface area contributed by atoms with E-state index in [9.17, 15) is 9.59 Å². The van der Waals surface area contributed by atoms with Gasteiger partial charge in [0, 0.05) is 4.88 Å². The van der Waals surface area contributed by atoms with Crippen molar-refractivity contribution in [2.24, 2.45) is 0 Å². The Hall–Kier alpha value is -1.69. The largest absolute Gasteiger partial charge is 0.464 e. The highest BCUT2D eigenvalue weighted by Crippen LogP contribution is 2.33. The summed E-state index contributed by atoms with van der Waals surface area (Å²) in [6, 6.07) is -0.643. The van der Waals surface area contributed by atoms with Crippen LogP contribution in [0.3, 0.4) is 0 Å². The Labute approximate surface area is 145 Å². The van der Waals surface area contributed by atoms with Gasteiger partial charge in [-0.3, -0.25) is 9.36 Å². The van der Waals surface area contributed by atoms with E-state index in [0.29, 0.717) is 12.0 Å². The lowest BCUT2D eigenvalue weighted by molar-refractivity contribution is -0.147. The van der Waals surface area contributed by atoms with E-state index in [0.717, 1.165) is 48.9 Å². The molecule has 2 aromatic heterocycles. The molecule has 0 fully saturated rings. The highest BCUT2D eigenvalue weighted by molar-refractivity contribution is 7.18. The molecule has 1 aliphatic carbocycles. The van der Waals surface area contributed by atoms with Gasteiger partial charge in [0.2, 0.25) is 0 Å². The number of rotatable bonds is 6. The van der Waals surface area contributed by atoms with Gasteiger partial charge in [-0.05, 0) is 44.6 Å². The summed E-state index contributed by atoms with van der Waals surface area (Å²) in [6.45, 7) is 4.22. The van der Waals surface area contributed by atoms with Gasteiger partial charge in [-0.15, -0.1) is 11.3 Å². The standard InChI is InChI=1S/C18H24N2O3S/c1-3-4-7-10-23-18(22)12(2)20-11-19-16-15(17(20)21)13-8-5-6-9-14(13)24-16/h11-12H,3-10H2,1-2H3/t12-/m1/s1. The van der Waals surface area contributed by atoms with Crippen molar-refractivity contribution in [2.45, 2.75) is 64.8 Å². The molecule has 6 heteroatoms. The first-order valence-corrected chi connectivity index (χ1v) is 9.63. The Morgan fingerprint density at radius 3 is 2.96 bits per heavy atom. The second-order valence-corrected chi connectivity index (χ2v) is 7.48. The van der Waals surface area contributed by atoms with Gasteiger partial charge in [0.15, 0.2) is 0 Å². The molecule has 0 bridgehead atoms. The molecule has 0 N–H and O–H groups in total. The van der Waals surface area contributed by atoms with Crippen molar-refractivity contribution in [3.8, 4) is 0 Å². The number of fused-ring (bicyclic) bond motifs is 3. The molecular weight excluding hydrogens is 324 g/mol. The molecule has 0 aliphatic heterocycles. The Balaban J connectivity index is 1.85. The van der Waals surface area contributed by atoms with Crippen LogP contribution in [0.25, 0.3) is 10.2 Å². The van der Waals surface area contributed by atoms with Crippen molar-refractivity contribution >= 4 is 27.5 Å². The summed E-state index contributed by atoms with van der Waals surface area (Å²) in [7, 11) is 0. The van der Waals surface area contributed by atoms with E-state index >= 15 is 0 Å². The number of ether oxygens (including phenoxy) is 1. The first-order chi connectivity index (χ1) is 11.6. The topological polar surface area (TPSA) is 61.2 Å². The third-order valence-electron chi connectivity index (χ3n) is 4.65. The van der Waals surface area contributed by atoms with Gasteiger partial charge in [0.25, 0.3) is 5.56 Å². The number of nitrogens with zero attached hydrogens (tertiary/aromatic N) is 2. The van der Waals surface area contributed by atoms with Crippen LogP contribution in [-0.2, 0) is 22.4 Å². The number of thiophene rings is 1. The summed E-state index contributed by atoms with van der Waals surface area (Å²) >= 11 is 1.62. The minimum absolute atomic E-state index is 0.114. The molecule has 0 unspecified atom stereocenters. The molecule has 3 rings (SSSR count). The summed E-state index contributed by atoms with van der Waals surface area (Å²) in [5, 5.41) is 0.711. The number of esters is 1. The predicted octanol–water partition coefficient (Wildman–Crippen LogP) is 3.63. The molecule has 0 spiro atoms. The number of aryl methyl sites for hydroxylation is 2. The fraction of sp³-hybridized carbons (Fsp3) is 0.611. The van der Waals surface area contributed by atoms with E-state index < -0.39 is 6.04 Å². The Kier molecular flexibility index (Phi) is 5.33. The van der Waals surface area contributed by atoms with E-state index in [-0.39, 0.29) is 11.5 Å². The third kappa shape index (κ3) is 3.24. The van der Waals surface area contributed by atoms with Gasteiger partial charge >= 0.3 is 5.97 Å². The minimum atomic E-state index is -0.643. The summed E-state index contributed by atoms with van der Waals surface area (Å²) in [5.41, 5.74) is 1.04. The Morgan fingerprint density at radius 2 is 2.17 bits per heavy atom. The molecule has 2 aromatic rings. The van der Waals surface area contributed by atoms with Crippen LogP contribution >= 0.6 is 11.3 Å². The van der Waals surface area contributed by atoms with Crippen LogP contribution in [0.2, 0.25) is 0 Å². The zero-order valence-corrected chi connectivity index (χ0v) is 15.2. The van der Waals surface area contributed by atoms with Crippen molar-refractivity contribution in [3.05, 3.63) is 27.1 Å². The van der Waals surface area contributed by atoms with Gasteiger partial charge in [0.05, 0.1) is 18.3 Å². The highest BCUT2D eigenvalue weighted by atomic mass is 32.1. The molecule has 130 valence electrons. The van der Waals surface area contributed by atoms with Crippen molar-refractivity contribution in [1.82, 2.24) is 9.55 Å². The van der Waals surface area contributed by atoms with Crippen molar-refractivity contribution in [2.75, 3.05) is 6.61 Å². The normalized spacial score (nSPS) is 15.2. The number of hydrogen-bond acceptors (Lipinski definition) is 5. The minimum Gasteiger partial charge on any atom is -0.464 e. The predicted molar refractivity (Wildman–Crippen MR) is 95.7 cm³/mol. The van der Waals surface area contributed by atoms with Crippen molar-refractivity contribution in [3.63, 3.8) is 0 Å². The molecule has 0 amide bonds. The van der Waals surface area contributed by atoms with Crippen LogP contribution < -0.4 is 5.56 Å². The molecule has 1 aliphatic rings. The van der Waals surface area contributed by atoms with Crippen LogP contribution in [0.1, 0.15) is 62.4 Å². The van der Waals surface area contributed by atoms with E-state index in [1.807, 2.05) is 0 Å². The van der Waals surface area contributed by atoms with E-state index in [2.05, 4.69) is 11.9 Å². The van der Waals surface area contributed by atoms with Crippen molar-refractivity contribution in [1.29, 1.82) is 0 Å². The molecule has 0 saturated carbocycles. The summed E-state index contributed by atoms with van der Waals surface area (Å²) in [4.78, 5) is 31.6. The second-order valence-electron chi connectivity index (χ2n) is 6.40. The average Bonchev–Trinajstić information content (AvgIpc) is 2.97. The molecule has 0 saturated heterocycles. The molecule has 24 heavy (non-hydrogen) atoms. The molecule has 5 nitrogen and oxygen atoms in total. The van der Waals surface area contributed by atoms with E-state index in [1.165, 1.54) is 22.2 Å². The van der Waals surface area contributed by atoms with Crippen LogP contribution in [0.5, 0.6) is 0 Å². The fourth-order valence-electron chi connectivity index (χ4n) is 3.19. The highest BCUT2D eigenvalue weighted by Gasteiger charge is 2.23. The lowest BCUT2D eigenvalue weighted by Gasteiger charge is -2.14. The molecule has 0 radical (unpaired) electrons. The zero-order chi connectivity index (χ0) is 17.1. The number of carbonyl (C=O) groups is 1. The lowest BCUT2D eigenvalue weighted by atomic mass is 9.97. The van der Waals surface area contributed by atoms with Crippen LogP contribution in [0.15, 0.2) is 11.1 Å². The maximum atomic E-state index is 12.9. The second kappa shape index (κ2) is 7.47. The average molecular weight is 348 g/mol.